The third-order valence-electron chi connectivity index (χ3n) is 2.95. The van der Waals surface area contributed by atoms with Crippen molar-refractivity contribution >= 4 is 12.0 Å². The molecule has 0 aliphatic carbocycles. The lowest BCUT2D eigenvalue weighted by Gasteiger charge is -2.29. The molecule has 98 valence electrons. The van der Waals surface area contributed by atoms with Gasteiger partial charge in [0.1, 0.15) is 23.6 Å². The number of benzene rings is 1. The molecule has 1 aliphatic heterocycles. The van der Waals surface area contributed by atoms with Crippen molar-refractivity contribution in [3.63, 3.8) is 0 Å². The van der Waals surface area contributed by atoms with E-state index >= 15 is 0 Å². The van der Waals surface area contributed by atoms with Crippen LogP contribution in [0.4, 0.5) is 14.5 Å². The molecule has 0 spiro atoms. The Bertz CT molecular complexity index is 408. The van der Waals surface area contributed by atoms with E-state index < -0.39 is 11.6 Å². The van der Waals surface area contributed by atoms with E-state index in [0.29, 0.717) is 38.3 Å². The van der Waals surface area contributed by atoms with E-state index in [2.05, 4.69) is 0 Å². The molecule has 18 heavy (non-hydrogen) atoms. The normalized spacial score (nSPS) is 15.8. The first kappa shape index (κ1) is 13.0. The highest BCUT2D eigenvalue weighted by atomic mass is 19.1. The van der Waals surface area contributed by atoms with Crippen molar-refractivity contribution < 1.29 is 18.3 Å². The number of morpholine rings is 1. The fourth-order valence-electron chi connectivity index (χ4n) is 2.08. The lowest BCUT2D eigenvalue weighted by atomic mass is 10.1. The molecule has 2 rings (SSSR count). The topological polar surface area (TPSA) is 29.5 Å². The van der Waals surface area contributed by atoms with Gasteiger partial charge in [-0.05, 0) is 24.1 Å². The summed E-state index contributed by atoms with van der Waals surface area (Å²) in [7, 11) is 0. The third-order valence-corrected chi connectivity index (χ3v) is 2.95. The highest BCUT2D eigenvalue weighted by molar-refractivity contribution is 5.53. The number of carbonyl (C=O) groups excluding carboxylic acids is 1. The average molecular weight is 255 g/mol. The third kappa shape index (κ3) is 2.85. The molecule has 0 atom stereocenters. The second kappa shape index (κ2) is 5.91. The van der Waals surface area contributed by atoms with Crippen LogP contribution in [0.1, 0.15) is 12.0 Å². The van der Waals surface area contributed by atoms with Gasteiger partial charge in [0.05, 0.1) is 13.2 Å². The standard InChI is InChI=1S/C13H15F2NO2/c14-11-8-10(2-1-5-17)9-12(15)13(11)16-3-6-18-7-4-16/h5,8-9H,1-4,6-7H2. The van der Waals surface area contributed by atoms with E-state index in [-0.39, 0.29) is 12.1 Å². The molecule has 0 bridgehead atoms. The number of hydrogen-bond acceptors (Lipinski definition) is 3. The van der Waals surface area contributed by atoms with Crippen LogP contribution in [0.2, 0.25) is 0 Å². The van der Waals surface area contributed by atoms with E-state index in [1.165, 1.54) is 12.1 Å². The molecule has 0 N–H and O–H groups in total. The molecule has 1 aliphatic rings. The molecular formula is C13H15F2NO2. The largest absolute Gasteiger partial charge is 0.378 e. The van der Waals surface area contributed by atoms with Crippen LogP contribution in [0.3, 0.4) is 0 Å². The molecule has 0 radical (unpaired) electrons. The lowest BCUT2D eigenvalue weighted by Crippen LogP contribution is -2.37. The predicted octanol–water partition coefficient (Wildman–Crippen LogP) is 1.93. The van der Waals surface area contributed by atoms with Crippen molar-refractivity contribution in [1.82, 2.24) is 0 Å². The molecule has 0 saturated carbocycles. The minimum absolute atomic E-state index is 0.00755. The smallest absolute Gasteiger partial charge is 0.149 e. The number of nitrogens with zero attached hydrogens (tertiary/aromatic N) is 1. The maximum atomic E-state index is 13.9. The van der Waals surface area contributed by atoms with E-state index in [4.69, 9.17) is 4.74 Å². The number of rotatable bonds is 4. The quantitative estimate of drug-likeness (QED) is 0.770. The highest BCUT2D eigenvalue weighted by Crippen LogP contribution is 2.26. The molecule has 0 unspecified atom stereocenters. The summed E-state index contributed by atoms with van der Waals surface area (Å²) in [5, 5.41) is 0. The fourth-order valence-corrected chi connectivity index (χ4v) is 2.08. The van der Waals surface area contributed by atoms with Crippen molar-refractivity contribution in [3.05, 3.63) is 29.3 Å². The number of anilines is 1. The number of aryl methyl sites for hydroxylation is 1. The summed E-state index contributed by atoms with van der Waals surface area (Å²) in [4.78, 5) is 11.9. The van der Waals surface area contributed by atoms with Crippen molar-refractivity contribution in [1.29, 1.82) is 0 Å². The maximum absolute atomic E-state index is 13.9. The first-order chi connectivity index (χ1) is 8.72. The minimum Gasteiger partial charge on any atom is -0.378 e. The van der Waals surface area contributed by atoms with Gasteiger partial charge in [-0.1, -0.05) is 0 Å². The van der Waals surface area contributed by atoms with Gasteiger partial charge in [-0.15, -0.1) is 0 Å². The zero-order chi connectivity index (χ0) is 13.0. The Balaban J connectivity index is 2.22. The minimum atomic E-state index is -0.571. The number of halogens is 2. The van der Waals surface area contributed by atoms with Gasteiger partial charge in [0, 0.05) is 19.5 Å². The fraction of sp³-hybridized carbons (Fsp3) is 0.462. The van der Waals surface area contributed by atoms with Crippen molar-refractivity contribution in [2.45, 2.75) is 12.8 Å². The second-order valence-corrected chi connectivity index (χ2v) is 4.21. The molecule has 1 saturated heterocycles. The second-order valence-electron chi connectivity index (χ2n) is 4.21. The molecular weight excluding hydrogens is 240 g/mol. The van der Waals surface area contributed by atoms with Crippen molar-refractivity contribution in [2.75, 3.05) is 31.2 Å². The van der Waals surface area contributed by atoms with E-state index in [1.807, 2.05) is 0 Å². The number of ether oxygens (including phenoxy) is 1. The summed E-state index contributed by atoms with van der Waals surface area (Å²) in [5.41, 5.74) is 0.516. The molecule has 1 aromatic rings. The Morgan fingerprint density at radius 3 is 2.39 bits per heavy atom. The van der Waals surface area contributed by atoms with Gasteiger partial charge < -0.3 is 14.4 Å². The van der Waals surface area contributed by atoms with Gasteiger partial charge in [0.25, 0.3) is 0 Å². The van der Waals surface area contributed by atoms with Crippen LogP contribution in [0.15, 0.2) is 12.1 Å². The predicted molar refractivity (Wildman–Crippen MR) is 63.8 cm³/mol. The average Bonchev–Trinajstić information content (AvgIpc) is 2.37. The van der Waals surface area contributed by atoms with Gasteiger partial charge in [-0.25, -0.2) is 8.78 Å². The molecule has 5 heteroatoms. The molecule has 1 aromatic carbocycles. The summed E-state index contributed by atoms with van der Waals surface area (Å²) in [5.74, 6) is -1.14. The zero-order valence-electron chi connectivity index (χ0n) is 9.99. The Labute approximate surface area is 104 Å². The SMILES string of the molecule is O=CCCc1cc(F)c(N2CCOCC2)c(F)c1. The van der Waals surface area contributed by atoms with Gasteiger partial charge in [-0.3, -0.25) is 0 Å². The monoisotopic (exact) mass is 255 g/mol. The number of carbonyl (C=O) groups is 1. The Hall–Kier alpha value is -1.49. The van der Waals surface area contributed by atoms with Gasteiger partial charge in [0.15, 0.2) is 0 Å². The van der Waals surface area contributed by atoms with E-state index in [1.54, 1.807) is 4.90 Å². The summed E-state index contributed by atoms with van der Waals surface area (Å²) >= 11 is 0. The Morgan fingerprint density at radius 1 is 1.22 bits per heavy atom. The van der Waals surface area contributed by atoms with Crippen LogP contribution in [0.25, 0.3) is 0 Å². The first-order valence-corrected chi connectivity index (χ1v) is 5.96. The Kier molecular flexibility index (Phi) is 4.25. The molecule has 0 amide bonds. The molecule has 3 nitrogen and oxygen atoms in total. The van der Waals surface area contributed by atoms with E-state index in [0.717, 1.165) is 6.29 Å². The first-order valence-electron chi connectivity index (χ1n) is 5.96. The summed E-state index contributed by atoms with van der Waals surface area (Å²) < 4.78 is 33.0. The van der Waals surface area contributed by atoms with Gasteiger partial charge in [0.2, 0.25) is 0 Å². The van der Waals surface area contributed by atoms with Gasteiger partial charge in [-0.2, -0.15) is 0 Å². The summed E-state index contributed by atoms with van der Waals surface area (Å²) in [6.07, 6.45) is 1.38. The van der Waals surface area contributed by atoms with Crippen LogP contribution < -0.4 is 4.90 Å². The molecule has 1 fully saturated rings. The molecule has 1 heterocycles. The van der Waals surface area contributed by atoms with Crippen molar-refractivity contribution in [2.24, 2.45) is 0 Å². The van der Waals surface area contributed by atoms with Crippen LogP contribution >= 0.6 is 0 Å². The maximum Gasteiger partial charge on any atom is 0.149 e. The van der Waals surface area contributed by atoms with Gasteiger partial charge >= 0.3 is 0 Å². The number of aldehydes is 1. The Morgan fingerprint density at radius 2 is 1.83 bits per heavy atom. The molecule has 0 aromatic heterocycles. The van der Waals surface area contributed by atoms with Crippen molar-refractivity contribution in [3.8, 4) is 0 Å². The number of hydrogen-bond donors (Lipinski definition) is 0. The summed E-state index contributed by atoms with van der Waals surface area (Å²) in [6.45, 7) is 1.93. The zero-order valence-corrected chi connectivity index (χ0v) is 9.99. The van der Waals surface area contributed by atoms with Crippen LogP contribution in [-0.2, 0) is 16.0 Å². The van der Waals surface area contributed by atoms with E-state index in [9.17, 15) is 13.6 Å². The van der Waals surface area contributed by atoms with Crippen LogP contribution in [-0.4, -0.2) is 32.6 Å². The summed E-state index contributed by atoms with van der Waals surface area (Å²) in [6, 6.07) is 2.61. The van der Waals surface area contributed by atoms with Crippen LogP contribution in [0, 0.1) is 11.6 Å². The lowest BCUT2D eigenvalue weighted by molar-refractivity contribution is -0.107. The van der Waals surface area contributed by atoms with Crippen LogP contribution in [0.5, 0.6) is 0 Å². The highest BCUT2D eigenvalue weighted by Gasteiger charge is 2.20.